The molecule has 7 N–H and O–H groups in total. The summed E-state index contributed by atoms with van der Waals surface area (Å²) < 4.78 is 12.0. The summed E-state index contributed by atoms with van der Waals surface area (Å²) in [6.45, 7) is 0. The molecule has 0 amide bonds. The molecule has 5 aromatic rings. The highest BCUT2D eigenvalue weighted by molar-refractivity contribution is 6.09. The zero-order chi connectivity index (χ0) is 29.2. The van der Waals surface area contributed by atoms with Crippen LogP contribution in [0.4, 0.5) is 0 Å². The summed E-state index contributed by atoms with van der Waals surface area (Å²) in [6, 6.07) is 13.8. The molecule has 0 bridgehead atoms. The van der Waals surface area contributed by atoms with Gasteiger partial charge in [0.15, 0.2) is 17.1 Å². The lowest BCUT2D eigenvalue weighted by molar-refractivity contribution is 0.0772. The third-order valence-electron chi connectivity index (χ3n) is 6.95. The number of phenolic OH excluding ortho intramolecular Hbond substituents is 6. The van der Waals surface area contributed by atoms with Crippen LogP contribution < -0.4 is 10.2 Å². The first kappa shape index (κ1) is 25.4. The molecule has 2 heterocycles. The number of rotatable bonds is 3. The van der Waals surface area contributed by atoms with Gasteiger partial charge in [0.25, 0.3) is 0 Å². The molecule has 0 aliphatic carbocycles. The van der Waals surface area contributed by atoms with Crippen LogP contribution in [-0.4, -0.2) is 41.5 Å². The Kier molecular flexibility index (Phi) is 5.66. The van der Waals surface area contributed by atoms with Crippen LogP contribution >= 0.6 is 0 Å². The second-order valence-electron chi connectivity index (χ2n) is 9.50. The van der Waals surface area contributed by atoms with Crippen LogP contribution in [0.25, 0.3) is 22.3 Å². The molecule has 41 heavy (non-hydrogen) atoms. The van der Waals surface area contributed by atoms with E-state index >= 15 is 0 Å². The minimum absolute atomic E-state index is 0.0823. The third-order valence-corrected chi connectivity index (χ3v) is 6.95. The van der Waals surface area contributed by atoms with Crippen LogP contribution in [0.2, 0.25) is 0 Å². The number of fused-ring (bicyclic) bond motifs is 2. The Hall–Kier alpha value is -5.84. The monoisotopic (exact) mass is 556 g/mol. The maximum Gasteiger partial charge on any atom is 0.238 e. The van der Waals surface area contributed by atoms with Crippen molar-refractivity contribution in [3.05, 3.63) is 93.6 Å². The molecular weight excluding hydrogens is 536 g/mol. The predicted molar refractivity (Wildman–Crippen MR) is 143 cm³/mol. The van der Waals surface area contributed by atoms with E-state index in [0.717, 1.165) is 18.2 Å². The Balaban J connectivity index is 1.69. The number of aromatic hydroxyl groups is 7. The van der Waals surface area contributed by atoms with Gasteiger partial charge in [-0.2, -0.15) is 0 Å². The van der Waals surface area contributed by atoms with Gasteiger partial charge in [0.05, 0.1) is 11.5 Å². The highest BCUT2D eigenvalue weighted by Crippen LogP contribution is 2.52. The molecule has 0 spiro atoms. The summed E-state index contributed by atoms with van der Waals surface area (Å²) in [5.41, 5.74) is -1.63. The Morgan fingerprint density at radius 3 is 1.95 bits per heavy atom. The molecule has 0 saturated heterocycles. The fourth-order valence-electron chi connectivity index (χ4n) is 5.09. The van der Waals surface area contributed by atoms with Gasteiger partial charge in [-0.1, -0.05) is 12.1 Å². The molecule has 4 aromatic carbocycles. The van der Waals surface area contributed by atoms with Crippen molar-refractivity contribution in [2.24, 2.45) is 0 Å². The molecule has 0 radical (unpaired) electrons. The fourth-order valence-corrected chi connectivity index (χ4v) is 5.09. The predicted octanol–water partition coefficient (Wildman–Crippen LogP) is 4.50. The van der Waals surface area contributed by atoms with Gasteiger partial charge < -0.3 is 44.9 Å². The normalized spacial score (nSPS) is 16.3. The van der Waals surface area contributed by atoms with E-state index in [2.05, 4.69) is 0 Å². The lowest BCUT2D eigenvalue weighted by atomic mass is 9.79. The molecule has 1 aliphatic rings. The highest BCUT2D eigenvalue weighted by atomic mass is 16.5. The number of carbonyl (C=O) groups is 1. The summed E-state index contributed by atoms with van der Waals surface area (Å²) in [5.74, 6) is -6.25. The molecule has 0 saturated carbocycles. The largest absolute Gasteiger partial charge is 0.508 e. The van der Waals surface area contributed by atoms with Crippen LogP contribution in [0.1, 0.15) is 33.5 Å². The second kappa shape index (κ2) is 9.12. The molecule has 2 atom stereocenters. The Morgan fingerprint density at radius 2 is 1.29 bits per heavy atom. The van der Waals surface area contributed by atoms with Gasteiger partial charge in [0, 0.05) is 23.8 Å². The average molecular weight is 556 g/mol. The zero-order valence-corrected chi connectivity index (χ0v) is 20.8. The van der Waals surface area contributed by atoms with Crippen LogP contribution in [0.15, 0.2) is 75.9 Å². The van der Waals surface area contributed by atoms with Crippen LogP contribution in [0.3, 0.4) is 0 Å². The topological polar surface area (TPSA) is 198 Å². The molecule has 206 valence electrons. The van der Waals surface area contributed by atoms with Crippen molar-refractivity contribution in [2.75, 3.05) is 0 Å². The Bertz CT molecular complexity index is 1920. The Morgan fingerprint density at radius 1 is 0.659 bits per heavy atom. The summed E-state index contributed by atoms with van der Waals surface area (Å²) in [5, 5.41) is 72.0. The zero-order valence-electron chi connectivity index (χ0n) is 20.8. The van der Waals surface area contributed by atoms with E-state index in [1.807, 2.05) is 0 Å². The molecule has 6 rings (SSSR count). The lowest BCUT2D eigenvalue weighted by Gasteiger charge is -2.34. The van der Waals surface area contributed by atoms with Crippen molar-refractivity contribution < 1.29 is 49.7 Å². The smallest absolute Gasteiger partial charge is 0.238 e. The second-order valence-corrected chi connectivity index (χ2v) is 9.50. The van der Waals surface area contributed by atoms with Gasteiger partial charge >= 0.3 is 0 Å². The molecule has 0 fully saturated rings. The standard InChI is InChI=1S/C30H20O11/c31-14-5-1-12(2-6-14)28-24(25(37)21-17(34)9-16(33)10-20(21)40-28)22-18(35)11-19(36)23-26(38)27(39)29(41-30(22)23)13-3-7-15(32)8-4-13/h1-11,24,28,31-36,39H/t24-,28+/m0/s1. The molecule has 1 aliphatic heterocycles. The maximum absolute atomic E-state index is 14.1. The van der Waals surface area contributed by atoms with Gasteiger partial charge in [-0.05, 0) is 42.0 Å². The van der Waals surface area contributed by atoms with Gasteiger partial charge in [-0.25, -0.2) is 0 Å². The van der Waals surface area contributed by atoms with Crippen LogP contribution in [0.5, 0.6) is 46.0 Å². The number of ether oxygens (including phenoxy) is 1. The number of hydrogen-bond acceptors (Lipinski definition) is 11. The summed E-state index contributed by atoms with van der Waals surface area (Å²) >= 11 is 0. The molecule has 11 nitrogen and oxygen atoms in total. The van der Waals surface area contributed by atoms with Crippen molar-refractivity contribution in [1.29, 1.82) is 0 Å². The summed E-state index contributed by atoms with van der Waals surface area (Å²) in [6.07, 6.45) is -1.26. The van der Waals surface area contributed by atoms with E-state index in [1.54, 1.807) is 0 Å². The number of ketones is 1. The van der Waals surface area contributed by atoms with Crippen molar-refractivity contribution in [1.82, 2.24) is 0 Å². The van der Waals surface area contributed by atoms with E-state index in [1.165, 1.54) is 48.5 Å². The minimum atomic E-state index is -1.51. The van der Waals surface area contributed by atoms with Gasteiger partial charge in [0.2, 0.25) is 11.2 Å². The van der Waals surface area contributed by atoms with E-state index < -0.39 is 57.2 Å². The van der Waals surface area contributed by atoms with Crippen molar-refractivity contribution in [3.63, 3.8) is 0 Å². The number of phenols is 6. The summed E-state index contributed by atoms with van der Waals surface area (Å²) in [4.78, 5) is 27.4. The van der Waals surface area contributed by atoms with Gasteiger partial charge in [0.1, 0.15) is 57.3 Å². The number of benzene rings is 4. The van der Waals surface area contributed by atoms with Crippen molar-refractivity contribution in [2.45, 2.75) is 12.0 Å². The molecule has 0 unspecified atom stereocenters. The van der Waals surface area contributed by atoms with E-state index in [0.29, 0.717) is 5.56 Å². The minimum Gasteiger partial charge on any atom is -0.508 e. The van der Waals surface area contributed by atoms with Crippen LogP contribution in [-0.2, 0) is 0 Å². The lowest BCUT2D eigenvalue weighted by Crippen LogP contribution is -2.30. The van der Waals surface area contributed by atoms with E-state index in [4.69, 9.17) is 9.15 Å². The number of Topliss-reactive ketones (excluding diaryl/α,β-unsaturated/α-hetero) is 1. The third kappa shape index (κ3) is 3.98. The first-order valence-corrected chi connectivity index (χ1v) is 12.1. The van der Waals surface area contributed by atoms with Crippen molar-refractivity contribution in [3.8, 4) is 57.3 Å². The first-order chi connectivity index (χ1) is 19.5. The number of carbonyl (C=O) groups excluding carboxylic acids is 1. The summed E-state index contributed by atoms with van der Waals surface area (Å²) in [7, 11) is 0. The average Bonchev–Trinajstić information content (AvgIpc) is 2.92. The van der Waals surface area contributed by atoms with Gasteiger partial charge in [-0.3, -0.25) is 9.59 Å². The van der Waals surface area contributed by atoms with E-state index in [-0.39, 0.29) is 45.4 Å². The quantitative estimate of drug-likeness (QED) is 0.165. The first-order valence-electron chi connectivity index (χ1n) is 12.1. The molecule has 11 heteroatoms. The van der Waals surface area contributed by atoms with Gasteiger partial charge in [-0.15, -0.1) is 0 Å². The maximum atomic E-state index is 14.1. The Labute approximate surface area is 229 Å². The van der Waals surface area contributed by atoms with E-state index in [9.17, 15) is 45.3 Å². The number of hydrogen-bond donors (Lipinski definition) is 7. The molecule has 1 aromatic heterocycles. The highest BCUT2D eigenvalue weighted by Gasteiger charge is 2.44. The SMILES string of the molecule is O=C1c2c(O)cc(O)cc2O[C@H](c2ccc(O)cc2)[C@H]1c1c(O)cc(O)c2c(=O)c(O)c(-c3ccc(O)cc3)oc12. The van der Waals surface area contributed by atoms with Crippen molar-refractivity contribution >= 4 is 16.8 Å². The fraction of sp³-hybridized carbons (Fsp3) is 0.0667. The molecular formula is C30H20O11. The van der Waals surface area contributed by atoms with Crippen LogP contribution in [0, 0.1) is 0 Å².